The lowest BCUT2D eigenvalue weighted by atomic mass is 9.84. The Labute approximate surface area is 135 Å². The first-order valence-corrected chi connectivity index (χ1v) is 8.92. The summed E-state index contributed by atoms with van der Waals surface area (Å²) in [5, 5.41) is 6.52. The van der Waals surface area contributed by atoms with Gasteiger partial charge in [0.05, 0.1) is 13.2 Å². The van der Waals surface area contributed by atoms with Crippen LogP contribution in [-0.2, 0) is 9.53 Å². The van der Waals surface area contributed by atoms with E-state index in [-0.39, 0.29) is 5.91 Å². The molecule has 2 N–H and O–H groups in total. The van der Waals surface area contributed by atoms with Crippen molar-refractivity contribution in [2.45, 2.75) is 33.1 Å². The van der Waals surface area contributed by atoms with Crippen molar-refractivity contribution in [1.29, 1.82) is 0 Å². The topological polar surface area (TPSA) is 53.6 Å². The molecule has 5 heteroatoms. The molecule has 22 heavy (non-hydrogen) atoms. The highest BCUT2D eigenvalue weighted by Crippen LogP contribution is 2.24. The van der Waals surface area contributed by atoms with E-state index in [2.05, 4.69) is 29.4 Å². The van der Waals surface area contributed by atoms with Crippen molar-refractivity contribution in [2.75, 3.05) is 52.5 Å². The number of amides is 1. The van der Waals surface area contributed by atoms with Crippen LogP contribution in [0.4, 0.5) is 0 Å². The van der Waals surface area contributed by atoms with Crippen LogP contribution in [0, 0.1) is 17.8 Å². The maximum Gasteiger partial charge on any atom is 0.220 e. The lowest BCUT2D eigenvalue weighted by molar-refractivity contribution is -0.122. The Kier molecular flexibility index (Phi) is 7.63. The Morgan fingerprint density at radius 1 is 1.27 bits per heavy atom. The summed E-state index contributed by atoms with van der Waals surface area (Å²) in [6.45, 7) is 12.2. The second-order valence-electron chi connectivity index (χ2n) is 7.09. The van der Waals surface area contributed by atoms with E-state index in [0.717, 1.165) is 52.5 Å². The Morgan fingerprint density at radius 3 is 2.64 bits per heavy atom. The first-order chi connectivity index (χ1) is 10.6. The minimum atomic E-state index is 0.222. The summed E-state index contributed by atoms with van der Waals surface area (Å²) in [6, 6.07) is 0. The summed E-state index contributed by atoms with van der Waals surface area (Å²) < 4.78 is 5.36. The van der Waals surface area contributed by atoms with Gasteiger partial charge in [-0.3, -0.25) is 9.69 Å². The van der Waals surface area contributed by atoms with E-state index >= 15 is 0 Å². The molecule has 2 rings (SSSR count). The smallest absolute Gasteiger partial charge is 0.220 e. The zero-order chi connectivity index (χ0) is 15.8. The summed E-state index contributed by atoms with van der Waals surface area (Å²) in [6.07, 6.45) is 3.10. The molecule has 2 heterocycles. The van der Waals surface area contributed by atoms with Gasteiger partial charge in [0, 0.05) is 32.6 Å². The van der Waals surface area contributed by atoms with Crippen molar-refractivity contribution in [3.05, 3.63) is 0 Å². The van der Waals surface area contributed by atoms with Gasteiger partial charge < -0.3 is 15.4 Å². The highest BCUT2D eigenvalue weighted by molar-refractivity contribution is 5.76. The molecule has 0 radical (unpaired) electrons. The summed E-state index contributed by atoms with van der Waals surface area (Å²) >= 11 is 0. The van der Waals surface area contributed by atoms with Crippen LogP contribution >= 0.6 is 0 Å². The van der Waals surface area contributed by atoms with Crippen LogP contribution in [0.5, 0.6) is 0 Å². The van der Waals surface area contributed by atoms with Crippen molar-refractivity contribution in [1.82, 2.24) is 15.5 Å². The molecule has 5 nitrogen and oxygen atoms in total. The van der Waals surface area contributed by atoms with Crippen LogP contribution < -0.4 is 10.6 Å². The second kappa shape index (κ2) is 9.48. The number of ether oxygens (including phenoxy) is 1. The van der Waals surface area contributed by atoms with Crippen molar-refractivity contribution in [3.63, 3.8) is 0 Å². The standard InChI is InChI=1S/C17H33N3O2/c1-14(13-20-7-9-22-10-8-20)12-19-17(21)11-15(2)16-3-5-18-6-4-16/h14-16,18H,3-13H2,1-2H3,(H,19,21). The zero-order valence-electron chi connectivity index (χ0n) is 14.3. The Hall–Kier alpha value is -0.650. The molecule has 2 saturated heterocycles. The molecule has 0 aromatic rings. The molecule has 0 aliphatic carbocycles. The summed E-state index contributed by atoms with van der Waals surface area (Å²) in [7, 11) is 0. The van der Waals surface area contributed by atoms with Crippen molar-refractivity contribution in [3.8, 4) is 0 Å². The number of nitrogens with zero attached hydrogens (tertiary/aromatic N) is 1. The van der Waals surface area contributed by atoms with Gasteiger partial charge in [0.15, 0.2) is 0 Å². The van der Waals surface area contributed by atoms with Gasteiger partial charge in [-0.1, -0.05) is 13.8 Å². The molecule has 2 aliphatic rings. The number of hydrogen-bond donors (Lipinski definition) is 2. The number of hydrogen-bond acceptors (Lipinski definition) is 4. The van der Waals surface area contributed by atoms with E-state index in [1.807, 2.05) is 0 Å². The average Bonchev–Trinajstić information content (AvgIpc) is 2.55. The van der Waals surface area contributed by atoms with E-state index in [4.69, 9.17) is 4.74 Å². The molecule has 0 spiro atoms. The van der Waals surface area contributed by atoms with Gasteiger partial charge in [0.2, 0.25) is 5.91 Å². The normalized spacial score (nSPS) is 23.9. The molecular weight excluding hydrogens is 278 g/mol. The van der Waals surface area contributed by atoms with E-state index in [9.17, 15) is 4.79 Å². The van der Waals surface area contributed by atoms with Gasteiger partial charge >= 0.3 is 0 Å². The second-order valence-corrected chi connectivity index (χ2v) is 7.09. The van der Waals surface area contributed by atoms with Crippen LogP contribution in [0.1, 0.15) is 33.1 Å². The SMILES string of the molecule is CC(CNC(=O)CC(C)C1CCNCC1)CN1CCOCC1. The van der Waals surface area contributed by atoms with Gasteiger partial charge in [-0.2, -0.15) is 0 Å². The van der Waals surface area contributed by atoms with Crippen LogP contribution in [0.2, 0.25) is 0 Å². The molecule has 0 aromatic carbocycles. The molecule has 1 amide bonds. The predicted molar refractivity (Wildman–Crippen MR) is 88.8 cm³/mol. The summed E-state index contributed by atoms with van der Waals surface area (Å²) in [4.78, 5) is 14.6. The molecule has 2 fully saturated rings. The third-order valence-corrected chi connectivity index (χ3v) is 5.02. The largest absolute Gasteiger partial charge is 0.379 e. The van der Waals surface area contributed by atoms with Crippen LogP contribution in [-0.4, -0.2) is 63.3 Å². The molecule has 128 valence electrons. The first kappa shape index (κ1) is 17.7. The fourth-order valence-corrected chi connectivity index (χ4v) is 3.52. The molecule has 0 bridgehead atoms. The number of rotatable bonds is 7. The quantitative estimate of drug-likeness (QED) is 0.739. The maximum atomic E-state index is 12.1. The highest BCUT2D eigenvalue weighted by Gasteiger charge is 2.22. The highest BCUT2D eigenvalue weighted by atomic mass is 16.5. The lowest BCUT2D eigenvalue weighted by Crippen LogP contribution is -2.41. The number of carbonyl (C=O) groups is 1. The van der Waals surface area contributed by atoms with Gasteiger partial charge in [0.25, 0.3) is 0 Å². The van der Waals surface area contributed by atoms with Gasteiger partial charge in [0.1, 0.15) is 0 Å². The van der Waals surface area contributed by atoms with Crippen molar-refractivity contribution >= 4 is 5.91 Å². The Balaban J connectivity index is 1.59. The van der Waals surface area contributed by atoms with E-state index in [1.54, 1.807) is 0 Å². The average molecular weight is 311 g/mol. The first-order valence-electron chi connectivity index (χ1n) is 8.92. The summed E-state index contributed by atoms with van der Waals surface area (Å²) in [5.74, 6) is 1.92. The molecule has 2 unspecified atom stereocenters. The minimum absolute atomic E-state index is 0.222. The Morgan fingerprint density at radius 2 is 1.95 bits per heavy atom. The fourth-order valence-electron chi connectivity index (χ4n) is 3.52. The monoisotopic (exact) mass is 311 g/mol. The molecule has 0 saturated carbocycles. The zero-order valence-corrected chi connectivity index (χ0v) is 14.3. The molecule has 0 aromatic heterocycles. The van der Waals surface area contributed by atoms with Crippen molar-refractivity contribution in [2.24, 2.45) is 17.8 Å². The van der Waals surface area contributed by atoms with Gasteiger partial charge in [-0.05, 0) is 43.7 Å². The van der Waals surface area contributed by atoms with Gasteiger partial charge in [-0.25, -0.2) is 0 Å². The van der Waals surface area contributed by atoms with Crippen LogP contribution in [0.15, 0.2) is 0 Å². The lowest BCUT2D eigenvalue weighted by Gasteiger charge is -2.29. The van der Waals surface area contributed by atoms with E-state index < -0.39 is 0 Å². The van der Waals surface area contributed by atoms with Crippen LogP contribution in [0.3, 0.4) is 0 Å². The fraction of sp³-hybridized carbons (Fsp3) is 0.941. The third kappa shape index (κ3) is 6.23. The van der Waals surface area contributed by atoms with E-state index in [0.29, 0.717) is 24.2 Å². The maximum absolute atomic E-state index is 12.1. The number of nitrogens with one attached hydrogen (secondary N) is 2. The molecular formula is C17H33N3O2. The minimum Gasteiger partial charge on any atom is -0.379 e. The van der Waals surface area contributed by atoms with Crippen LogP contribution in [0.25, 0.3) is 0 Å². The number of piperidine rings is 1. The molecule has 2 aliphatic heterocycles. The molecule has 2 atom stereocenters. The third-order valence-electron chi connectivity index (χ3n) is 5.02. The predicted octanol–water partition coefficient (Wildman–Crippen LogP) is 1.10. The van der Waals surface area contributed by atoms with Crippen molar-refractivity contribution < 1.29 is 9.53 Å². The van der Waals surface area contributed by atoms with E-state index in [1.165, 1.54) is 12.8 Å². The Bertz CT molecular complexity index is 326. The number of carbonyl (C=O) groups excluding carboxylic acids is 1. The number of morpholine rings is 1. The van der Waals surface area contributed by atoms with Gasteiger partial charge in [-0.15, -0.1) is 0 Å². The summed E-state index contributed by atoms with van der Waals surface area (Å²) in [5.41, 5.74) is 0.